The molecule has 1 aromatic carbocycles. The monoisotopic (exact) mass is 291 g/mol. The van der Waals surface area contributed by atoms with E-state index < -0.39 is 5.97 Å². The Morgan fingerprint density at radius 1 is 1.10 bits per heavy atom. The second-order valence-electron chi connectivity index (χ2n) is 5.68. The highest BCUT2D eigenvalue weighted by Gasteiger charge is 2.18. The highest BCUT2D eigenvalue weighted by atomic mass is 16.4. The third-order valence-electron chi connectivity index (χ3n) is 3.67. The van der Waals surface area contributed by atoms with Crippen LogP contribution in [0, 0.1) is 0 Å². The summed E-state index contributed by atoms with van der Waals surface area (Å²) < 4.78 is 0. The van der Waals surface area contributed by atoms with E-state index in [1.165, 1.54) is 5.56 Å². The summed E-state index contributed by atoms with van der Waals surface area (Å²) in [5, 5.41) is 8.75. The fourth-order valence-corrected chi connectivity index (χ4v) is 2.32. The minimum Gasteiger partial charge on any atom is -0.481 e. The highest BCUT2D eigenvalue weighted by Crippen LogP contribution is 2.21. The van der Waals surface area contributed by atoms with Crippen LogP contribution < -0.4 is 0 Å². The molecule has 0 bridgehead atoms. The van der Waals surface area contributed by atoms with Gasteiger partial charge in [-0.15, -0.1) is 0 Å². The van der Waals surface area contributed by atoms with E-state index in [0.717, 1.165) is 6.42 Å². The minimum absolute atomic E-state index is 0.00183. The summed E-state index contributed by atoms with van der Waals surface area (Å²) in [6, 6.07) is 10.2. The molecule has 0 aliphatic carbocycles. The molecule has 1 rings (SSSR count). The van der Waals surface area contributed by atoms with E-state index in [0.29, 0.717) is 12.3 Å². The van der Waals surface area contributed by atoms with Crippen LogP contribution in [0.1, 0.15) is 51.5 Å². The van der Waals surface area contributed by atoms with Crippen molar-refractivity contribution in [2.45, 2.75) is 52.0 Å². The van der Waals surface area contributed by atoms with Gasteiger partial charge in [-0.05, 0) is 31.7 Å². The zero-order valence-electron chi connectivity index (χ0n) is 13.1. The summed E-state index contributed by atoms with van der Waals surface area (Å²) in [5.41, 5.74) is 1.23. The standard InChI is InChI=1S/C17H25NO3/c1-13(2)18(12-11-17(20)21)16(19)10-9-14(3)15-7-5-4-6-8-15/h4-8,13-14H,9-12H2,1-3H3,(H,20,21). The molecule has 0 aliphatic heterocycles. The molecule has 0 saturated heterocycles. The molecular formula is C17H25NO3. The van der Waals surface area contributed by atoms with Crippen molar-refractivity contribution in [3.05, 3.63) is 35.9 Å². The third kappa shape index (κ3) is 5.98. The molecule has 0 heterocycles. The van der Waals surface area contributed by atoms with Crippen LogP contribution in [0.15, 0.2) is 30.3 Å². The first kappa shape index (κ1) is 17.2. The lowest BCUT2D eigenvalue weighted by Gasteiger charge is -2.26. The Bertz CT molecular complexity index is 456. The predicted molar refractivity (Wildman–Crippen MR) is 83.2 cm³/mol. The van der Waals surface area contributed by atoms with Gasteiger partial charge in [-0.25, -0.2) is 0 Å². The average molecular weight is 291 g/mol. The van der Waals surface area contributed by atoms with Gasteiger partial charge in [-0.1, -0.05) is 37.3 Å². The van der Waals surface area contributed by atoms with Crippen molar-refractivity contribution >= 4 is 11.9 Å². The van der Waals surface area contributed by atoms with E-state index in [1.807, 2.05) is 32.0 Å². The summed E-state index contributed by atoms with van der Waals surface area (Å²) in [6.45, 7) is 6.23. The topological polar surface area (TPSA) is 57.6 Å². The number of benzene rings is 1. The average Bonchev–Trinajstić information content (AvgIpc) is 2.45. The molecule has 0 aromatic heterocycles. The van der Waals surface area contributed by atoms with E-state index in [-0.39, 0.29) is 24.9 Å². The van der Waals surface area contributed by atoms with E-state index in [2.05, 4.69) is 19.1 Å². The Kier molecular flexibility index (Phi) is 6.92. The lowest BCUT2D eigenvalue weighted by atomic mass is 9.96. The molecule has 116 valence electrons. The Morgan fingerprint density at radius 3 is 2.24 bits per heavy atom. The van der Waals surface area contributed by atoms with Crippen LogP contribution in [0.3, 0.4) is 0 Å². The Balaban J connectivity index is 2.51. The Labute approximate surface area is 126 Å². The molecule has 0 saturated carbocycles. The van der Waals surface area contributed by atoms with Crippen molar-refractivity contribution in [2.24, 2.45) is 0 Å². The van der Waals surface area contributed by atoms with Gasteiger partial charge < -0.3 is 10.0 Å². The SMILES string of the molecule is CC(CCC(=O)N(CCC(=O)O)C(C)C)c1ccccc1. The van der Waals surface area contributed by atoms with Crippen molar-refractivity contribution in [3.63, 3.8) is 0 Å². The maximum Gasteiger partial charge on any atom is 0.305 e. The van der Waals surface area contributed by atoms with E-state index in [4.69, 9.17) is 5.11 Å². The Hall–Kier alpha value is -1.84. The zero-order valence-corrected chi connectivity index (χ0v) is 13.1. The minimum atomic E-state index is -0.869. The summed E-state index contributed by atoms with van der Waals surface area (Å²) in [4.78, 5) is 24.6. The zero-order chi connectivity index (χ0) is 15.8. The van der Waals surface area contributed by atoms with Crippen molar-refractivity contribution in [1.82, 2.24) is 4.90 Å². The second-order valence-corrected chi connectivity index (χ2v) is 5.68. The molecule has 4 heteroatoms. The van der Waals surface area contributed by atoms with Gasteiger partial charge >= 0.3 is 5.97 Å². The third-order valence-corrected chi connectivity index (χ3v) is 3.67. The molecule has 0 aliphatic rings. The maximum absolute atomic E-state index is 12.3. The largest absolute Gasteiger partial charge is 0.481 e. The van der Waals surface area contributed by atoms with Gasteiger partial charge in [-0.3, -0.25) is 9.59 Å². The second kappa shape index (κ2) is 8.45. The summed E-state index contributed by atoms with van der Waals surface area (Å²) in [5.74, 6) is -0.510. The molecule has 21 heavy (non-hydrogen) atoms. The van der Waals surface area contributed by atoms with Crippen molar-refractivity contribution in [3.8, 4) is 0 Å². The van der Waals surface area contributed by atoms with Crippen LogP contribution in [-0.4, -0.2) is 34.5 Å². The van der Waals surface area contributed by atoms with Crippen LogP contribution in [-0.2, 0) is 9.59 Å². The highest BCUT2D eigenvalue weighted by molar-refractivity contribution is 5.77. The molecular weight excluding hydrogens is 266 g/mol. The number of nitrogens with zero attached hydrogens (tertiary/aromatic N) is 1. The number of rotatable bonds is 8. The van der Waals surface area contributed by atoms with E-state index >= 15 is 0 Å². The molecule has 1 amide bonds. The molecule has 1 atom stereocenters. The smallest absolute Gasteiger partial charge is 0.305 e. The Morgan fingerprint density at radius 2 is 1.71 bits per heavy atom. The quantitative estimate of drug-likeness (QED) is 0.799. The predicted octanol–water partition coefficient (Wildman–Crippen LogP) is 3.28. The summed E-state index contributed by atoms with van der Waals surface area (Å²) in [6.07, 6.45) is 1.23. The first-order chi connectivity index (χ1) is 9.91. The first-order valence-electron chi connectivity index (χ1n) is 7.48. The van der Waals surface area contributed by atoms with Crippen LogP contribution in [0.5, 0.6) is 0 Å². The van der Waals surface area contributed by atoms with Gasteiger partial charge in [0.2, 0.25) is 5.91 Å². The number of aliphatic carboxylic acids is 1. The molecule has 0 radical (unpaired) electrons. The summed E-state index contributed by atoms with van der Waals surface area (Å²) in [7, 11) is 0. The normalized spacial score (nSPS) is 12.2. The van der Waals surface area contributed by atoms with Gasteiger partial charge in [0.15, 0.2) is 0 Å². The summed E-state index contributed by atoms with van der Waals surface area (Å²) >= 11 is 0. The van der Waals surface area contributed by atoms with Gasteiger partial charge in [-0.2, -0.15) is 0 Å². The van der Waals surface area contributed by atoms with Crippen molar-refractivity contribution in [1.29, 1.82) is 0 Å². The molecule has 1 N–H and O–H groups in total. The number of hydrogen-bond acceptors (Lipinski definition) is 2. The number of carbonyl (C=O) groups is 2. The molecule has 1 aromatic rings. The van der Waals surface area contributed by atoms with E-state index in [9.17, 15) is 9.59 Å². The number of carbonyl (C=O) groups excluding carboxylic acids is 1. The number of hydrogen-bond donors (Lipinski definition) is 1. The first-order valence-corrected chi connectivity index (χ1v) is 7.48. The molecule has 0 fully saturated rings. The van der Waals surface area contributed by atoms with Crippen LogP contribution >= 0.6 is 0 Å². The van der Waals surface area contributed by atoms with Crippen molar-refractivity contribution < 1.29 is 14.7 Å². The molecule has 1 unspecified atom stereocenters. The van der Waals surface area contributed by atoms with Crippen LogP contribution in [0.4, 0.5) is 0 Å². The fourth-order valence-electron chi connectivity index (χ4n) is 2.32. The van der Waals surface area contributed by atoms with Crippen molar-refractivity contribution in [2.75, 3.05) is 6.54 Å². The number of carboxylic acid groups (broad SMARTS) is 1. The van der Waals surface area contributed by atoms with Crippen LogP contribution in [0.2, 0.25) is 0 Å². The van der Waals surface area contributed by atoms with Gasteiger partial charge in [0, 0.05) is 19.0 Å². The number of amides is 1. The maximum atomic E-state index is 12.3. The van der Waals surface area contributed by atoms with Crippen LogP contribution in [0.25, 0.3) is 0 Å². The lowest BCUT2D eigenvalue weighted by molar-refractivity contribution is -0.139. The molecule has 0 spiro atoms. The van der Waals surface area contributed by atoms with Gasteiger partial charge in [0.25, 0.3) is 0 Å². The lowest BCUT2D eigenvalue weighted by Crippen LogP contribution is -2.38. The van der Waals surface area contributed by atoms with E-state index in [1.54, 1.807) is 4.90 Å². The van der Waals surface area contributed by atoms with Gasteiger partial charge in [0.05, 0.1) is 6.42 Å². The molecule has 4 nitrogen and oxygen atoms in total. The van der Waals surface area contributed by atoms with Gasteiger partial charge in [0.1, 0.15) is 0 Å². The number of carboxylic acids is 1. The fraction of sp³-hybridized carbons (Fsp3) is 0.529.